The van der Waals surface area contributed by atoms with Crippen molar-refractivity contribution in [2.45, 2.75) is 56.9 Å². The normalized spacial score (nSPS) is 16.8. The van der Waals surface area contributed by atoms with E-state index >= 15 is 0 Å². The van der Waals surface area contributed by atoms with Crippen molar-refractivity contribution in [3.8, 4) is 23.0 Å². The third kappa shape index (κ3) is 5.90. The van der Waals surface area contributed by atoms with Gasteiger partial charge in [0.15, 0.2) is 27.2 Å². The number of hydrogen-bond donors (Lipinski definition) is 0. The van der Waals surface area contributed by atoms with Gasteiger partial charge in [0, 0.05) is 25.7 Å². The Hall–Kier alpha value is -2.87. The Bertz CT molecular complexity index is 1350. The van der Waals surface area contributed by atoms with Crippen LogP contribution in [0.4, 0.5) is 0 Å². The molecule has 3 atom stereocenters. The molecule has 4 rings (SSSR count). The van der Waals surface area contributed by atoms with Crippen LogP contribution in [0.1, 0.15) is 51.5 Å². The summed E-state index contributed by atoms with van der Waals surface area (Å²) in [5.41, 5.74) is 0.599. The molecule has 3 aromatic heterocycles. The zero-order chi connectivity index (χ0) is 27.4. The number of ether oxygens (including phenoxy) is 4. The maximum Gasteiger partial charge on any atom is 0.257 e. The topological polar surface area (TPSA) is 140 Å². The molecule has 0 amide bonds. The molecule has 206 valence electrons. The van der Waals surface area contributed by atoms with Crippen molar-refractivity contribution in [2.24, 2.45) is 0 Å². The van der Waals surface area contributed by atoms with Gasteiger partial charge in [0.05, 0.1) is 41.2 Å². The summed E-state index contributed by atoms with van der Waals surface area (Å²) in [5, 5.41) is 7.99. The largest absolute Gasteiger partial charge is 0.485 e. The first-order chi connectivity index (χ1) is 18.2. The predicted octanol–water partition coefficient (Wildman–Crippen LogP) is 3.23. The van der Waals surface area contributed by atoms with E-state index in [9.17, 15) is 8.42 Å². The Labute approximate surface area is 226 Å². The average molecular weight is 567 g/mol. The molecule has 0 spiro atoms. The molecule has 0 radical (unpaired) electrons. The van der Waals surface area contributed by atoms with E-state index in [4.69, 9.17) is 30.5 Å². The first-order valence-electron chi connectivity index (χ1n) is 12.2. The van der Waals surface area contributed by atoms with E-state index < -0.39 is 33.0 Å². The van der Waals surface area contributed by atoms with E-state index in [1.807, 2.05) is 20.8 Å². The van der Waals surface area contributed by atoms with Gasteiger partial charge in [-0.25, -0.2) is 23.4 Å². The summed E-state index contributed by atoms with van der Waals surface area (Å²) in [6.45, 7) is 7.89. The lowest BCUT2D eigenvalue weighted by atomic mass is 10.2. The molecule has 3 aromatic rings. The van der Waals surface area contributed by atoms with Gasteiger partial charge in [-0.3, -0.25) is 0 Å². The summed E-state index contributed by atoms with van der Waals surface area (Å²) in [4.78, 5) is 12.7. The molecule has 12 nitrogen and oxygen atoms in total. The van der Waals surface area contributed by atoms with Crippen LogP contribution in [0.15, 0.2) is 24.7 Å². The standard InChI is InChI=1S/C24H31ClN6O6S/c1-6-35-24-21-18(7-8-26-24)23-30-29-19(31(23)17(11-34-5)12-36-21)13-38(32,33)15(4)20(37-14(2)3)22-27-9-16(25)10-28-22/h7-10,14-15,17,20H,6,11-13H2,1-5H3/t15-,17-,20+/m0/s1. The molecule has 4 heterocycles. The Morgan fingerprint density at radius 2 is 1.92 bits per heavy atom. The van der Waals surface area contributed by atoms with Crippen LogP contribution in [-0.4, -0.2) is 76.4 Å². The van der Waals surface area contributed by atoms with Gasteiger partial charge < -0.3 is 23.5 Å². The van der Waals surface area contributed by atoms with Crippen LogP contribution in [0.25, 0.3) is 11.4 Å². The van der Waals surface area contributed by atoms with E-state index in [2.05, 4.69) is 25.1 Å². The van der Waals surface area contributed by atoms with E-state index in [-0.39, 0.29) is 31.0 Å². The Morgan fingerprint density at radius 3 is 2.58 bits per heavy atom. The number of rotatable bonds is 11. The molecule has 38 heavy (non-hydrogen) atoms. The van der Waals surface area contributed by atoms with Gasteiger partial charge in [0.25, 0.3) is 5.88 Å². The number of pyridine rings is 1. The van der Waals surface area contributed by atoms with Crippen molar-refractivity contribution in [1.82, 2.24) is 29.7 Å². The van der Waals surface area contributed by atoms with Crippen LogP contribution in [0, 0.1) is 0 Å². The minimum absolute atomic E-state index is 0.179. The second kappa shape index (κ2) is 11.9. The fourth-order valence-electron chi connectivity index (χ4n) is 4.19. The van der Waals surface area contributed by atoms with Gasteiger partial charge in [0.2, 0.25) is 0 Å². The minimum atomic E-state index is -3.84. The third-order valence-electron chi connectivity index (χ3n) is 5.94. The smallest absolute Gasteiger partial charge is 0.257 e. The van der Waals surface area contributed by atoms with Crippen molar-refractivity contribution in [1.29, 1.82) is 0 Å². The van der Waals surface area contributed by atoms with Gasteiger partial charge in [-0.05, 0) is 33.8 Å². The lowest BCUT2D eigenvalue weighted by molar-refractivity contribution is 0.00142. The summed E-state index contributed by atoms with van der Waals surface area (Å²) < 4.78 is 52.3. The fourth-order valence-corrected chi connectivity index (χ4v) is 5.67. The van der Waals surface area contributed by atoms with Gasteiger partial charge in [-0.1, -0.05) is 11.6 Å². The van der Waals surface area contributed by atoms with Crippen LogP contribution in [0.5, 0.6) is 11.6 Å². The quantitative estimate of drug-likeness (QED) is 0.337. The molecule has 0 bridgehead atoms. The van der Waals surface area contributed by atoms with E-state index in [0.29, 0.717) is 34.6 Å². The zero-order valence-corrected chi connectivity index (χ0v) is 23.4. The number of nitrogens with zero attached hydrogens (tertiary/aromatic N) is 6. The number of aromatic nitrogens is 6. The van der Waals surface area contributed by atoms with Crippen molar-refractivity contribution >= 4 is 21.4 Å². The first kappa shape index (κ1) is 28.1. The number of methoxy groups -OCH3 is 1. The maximum absolute atomic E-state index is 13.7. The number of fused-ring (bicyclic) bond motifs is 3. The lowest BCUT2D eigenvalue weighted by Crippen LogP contribution is -2.32. The fraction of sp³-hybridized carbons (Fsp3) is 0.542. The molecule has 0 fully saturated rings. The average Bonchev–Trinajstić information content (AvgIpc) is 3.20. The molecule has 1 aliphatic heterocycles. The summed E-state index contributed by atoms with van der Waals surface area (Å²) in [6, 6.07) is 1.34. The van der Waals surface area contributed by atoms with Gasteiger partial charge >= 0.3 is 0 Å². The molecule has 0 aromatic carbocycles. The van der Waals surface area contributed by atoms with Crippen molar-refractivity contribution in [2.75, 3.05) is 26.9 Å². The maximum atomic E-state index is 13.7. The Kier molecular flexibility index (Phi) is 8.81. The SMILES string of the molecule is CCOc1nccc2c1OC[C@H](COC)n1c(CS(=O)(=O)[C@@H](C)[C@@H](OC(C)C)c3ncc(Cl)cn3)nnc1-2. The molecule has 0 saturated carbocycles. The van der Waals surface area contributed by atoms with Crippen LogP contribution >= 0.6 is 11.6 Å². The molecule has 1 aliphatic rings. The summed E-state index contributed by atoms with van der Waals surface area (Å²) in [6.07, 6.45) is 3.23. The van der Waals surface area contributed by atoms with Crippen molar-refractivity contribution in [3.05, 3.63) is 41.3 Å². The van der Waals surface area contributed by atoms with Crippen LogP contribution in [-0.2, 0) is 25.1 Å². The summed E-state index contributed by atoms with van der Waals surface area (Å²) in [5.74, 6) is 1.28. The number of halogens is 1. The predicted molar refractivity (Wildman–Crippen MR) is 139 cm³/mol. The van der Waals surface area contributed by atoms with E-state index in [1.165, 1.54) is 12.4 Å². The second-order valence-electron chi connectivity index (χ2n) is 9.03. The third-order valence-corrected chi connectivity index (χ3v) is 8.18. The Morgan fingerprint density at radius 1 is 1.18 bits per heavy atom. The van der Waals surface area contributed by atoms with E-state index in [0.717, 1.165) is 0 Å². The molecule has 0 saturated heterocycles. The molecule has 0 unspecified atom stereocenters. The Balaban J connectivity index is 1.72. The van der Waals surface area contributed by atoms with Crippen LogP contribution in [0.2, 0.25) is 5.02 Å². The second-order valence-corrected chi connectivity index (χ2v) is 11.8. The summed E-state index contributed by atoms with van der Waals surface area (Å²) in [7, 11) is -2.28. The number of hydrogen-bond acceptors (Lipinski definition) is 11. The highest BCUT2D eigenvalue weighted by molar-refractivity contribution is 7.91. The highest BCUT2D eigenvalue weighted by atomic mass is 35.5. The minimum Gasteiger partial charge on any atom is -0.485 e. The van der Waals surface area contributed by atoms with Crippen molar-refractivity contribution in [3.63, 3.8) is 0 Å². The number of sulfone groups is 1. The molecule has 0 N–H and O–H groups in total. The molecule has 0 aliphatic carbocycles. The van der Waals surface area contributed by atoms with Crippen LogP contribution < -0.4 is 9.47 Å². The van der Waals surface area contributed by atoms with Gasteiger partial charge in [-0.15, -0.1) is 10.2 Å². The monoisotopic (exact) mass is 566 g/mol. The highest BCUT2D eigenvalue weighted by Crippen LogP contribution is 2.40. The molecular formula is C24H31ClN6O6S. The highest BCUT2D eigenvalue weighted by Gasteiger charge is 2.37. The molecule has 14 heteroatoms. The van der Waals surface area contributed by atoms with Gasteiger partial charge in [-0.2, -0.15) is 0 Å². The van der Waals surface area contributed by atoms with Crippen molar-refractivity contribution < 1.29 is 27.4 Å². The summed E-state index contributed by atoms with van der Waals surface area (Å²) >= 11 is 5.94. The zero-order valence-electron chi connectivity index (χ0n) is 21.9. The molecular weight excluding hydrogens is 536 g/mol. The van der Waals surface area contributed by atoms with Crippen LogP contribution in [0.3, 0.4) is 0 Å². The van der Waals surface area contributed by atoms with Gasteiger partial charge in [0.1, 0.15) is 24.3 Å². The first-order valence-corrected chi connectivity index (χ1v) is 14.3. The van der Waals surface area contributed by atoms with E-state index in [1.54, 1.807) is 30.9 Å². The lowest BCUT2D eigenvalue weighted by Gasteiger charge is -2.25.